The molecule has 0 aromatic rings. The summed E-state index contributed by atoms with van der Waals surface area (Å²) in [5.41, 5.74) is 0. The fourth-order valence-corrected chi connectivity index (χ4v) is 2.04. The van der Waals surface area contributed by atoms with Gasteiger partial charge in [-0.05, 0) is 6.42 Å². The summed E-state index contributed by atoms with van der Waals surface area (Å²) in [4.78, 5) is 22.6. The van der Waals surface area contributed by atoms with Gasteiger partial charge in [-0.1, -0.05) is 56.2 Å². The van der Waals surface area contributed by atoms with Gasteiger partial charge in [0.2, 0.25) is 0 Å². The van der Waals surface area contributed by atoms with E-state index >= 15 is 0 Å². The molecule has 0 aliphatic heterocycles. The van der Waals surface area contributed by atoms with Gasteiger partial charge in [-0.2, -0.15) is 0 Å². The molecule has 0 saturated heterocycles. The summed E-state index contributed by atoms with van der Waals surface area (Å²) in [6.45, 7) is 2.58. The van der Waals surface area contributed by atoms with Gasteiger partial charge in [-0.15, -0.1) is 0 Å². The number of aliphatic carboxylic acids is 1. The van der Waals surface area contributed by atoms with Crippen molar-refractivity contribution in [1.29, 1.82) is 0 Å². The highest BCUT2D eigenvalue weighted by atomic mass is 16.5. The first-order valence-electron chi connectivity index (χ1n) is 8.42. The van der Waals surface area contributed by atoms with Crippen molar-refractivity contribution in [2.24, 2.45) is 0 Å². The van der Waals surface area contributed by atoms with E-state index in [2.05, 4.69) is 13.0 Å². The number of quaternary nitrogens is 1. The number of carbonyl (C=O) groups excluding carboxylic acids is 2. The van der Waals surface area contributed by atoms with Crippen LogP contribution >= 0.6 is 0 Å². The summed E-state index contributed by atoms with van der Waals surface area (Å²) in [6.07, 6.45) is 13.9. The molecular formula is C19H31NO4. The maximum Gasteiger partial charge on any atom is 0.310 e. The third-order valence-corrected chi connectivity index (χ3v) is 3.06. The summed E-state index contributed by atoms with van der Waals surface area (Å²) in [7, 11) is 5.73. The van der Waals surface area contributed by atoms with E-state index in [4.69, 9.17) is 4.74 Å². The van der Waals surface area contributed by atoms with Crippen LogP contribution in [0.4, 0.5) is 0 Å². The molecule has 0 aromatic heterocycles. The van der Waals surface area contributed by atoms with Crippen LogP contribution in [0.1, 0.15) is 39.0 Å². The van der Waals surface area contributed by atoms with Crippen molar-refractivity contribution in [2.45, 2.75) is 45.1 Å². The van der Waals surface area contributed by atoms with Crippen LogP contribution in [0.15, 0.2) is 36.5 Å². The molecule has 1 atom stereocenters. The molecule has 136 valence electrons. The lowest BCUT2D eigenvalue weighted by Crippen LogP contribution is -2.45. The predicted molar refractivity (Wildman–Crippen MR) is 94.0 cm³/mol. The number of esters is 1. The molecule has 0 fully saturated rings. The Balaban J connectivity index is 4.23. The Labute approximate surface area is 145 Å². The Bertz CT molecular complexity index is 458. The van der Waals surface area contributed by atoms with E-state index in [0.29, 0.717) is 11.0 Å². The highest BCUT2D eigenvalue weighted by Crippen LogP contribution is 2.06. The largest absolute Gasteiger partial charge is 0.550 e. The highest BCUT2D eigenvalue weighted by Gasteiger charge is 2.21. The normalized spacial score (nSPS) is 13.8. The maximum atomic E-state index is 11.8. The monoisotopic (exact) mass is 337 g/mol. The van der Waals surface area contributed by atoms with Crippen molar-refractivity contribution < 1.29 is 23.9 Å². The smallest absolute Gasteiger partial charge is 0.310 e. The van der Waals surface area contributed by atoms with Gasteiger partial charge in [0.1, 0.15) is 6.54 Å². The summed E-state index contributed by atoms with van der Waals surface area (Å²) >= 11 is 0. The van der Waals surface area contributed by atoms with E-state index < -0.39 is 18.0 Å². The first-order chi connectivity index (χ1) is 11.2. The van der Waals surface area contributed by atoms with Crippen molar-refractivity contribution in [3.63, 3.8) is 0 Å². The molecule has 0 amide bonds. The summed E-state index contributed by atoms with van der Waals surface area (Å²) < 4.78 is 5.75. The molecule has 0 bridgehead atoms. The minimum absolute atomic E-state index is 0.116. The standard InChI is InChI=1S/C19H31NO4/c1-5-6-7-8-9-10-11-12-13-14-19(23)24-17(15-18(21)22)16-20(2,3)4/h8-13,17H,5-7,14-16H2,1-4H3/b9-8+,11-10+,13-12+. The molecule has 5 nitrogen and oxygen atoms in total. The van der Waals surface area contributed by atoms with Crippen LogP contribution in [-0.2, 0) is 14.3 Å². The second kappa shape index (κ2) is 12.5. The topological polar surface area (TPSA) is 66.4 Å². The number of carboxylic acids is 1. The molecule has 0 rings (SSSR count). The molecule has 0 aromatic carbocycles. The fourth-order valence-electron chi connectivity index (χ4n) is 2.04. The number of likely N-dealkylation sites (N-methyl/N-ethyl adjacent to an activating group) is 1. The zero-order chi connectivity index (χ0) is 18.4. The number of hydrogen-bond donors (Lipinski definition) is 0. The van der Waals surface area contributed by atoms with Gasteiger partial charge in [0, 0.05) is 12.4 Å². The minimum atomic E-state index is -1.21. The molecule has 0 aliphatic rings. The summed E-state index contributed by atoms with van der Waals surface area (Å²) in [6, 6.07) is 0. The van der Waals surface area contributed by atoms with E-state index in [1.54, 1.807) is 12.2 Å². The molecule has 0 N–H and O–H groups in total. The van der Waals surface area contributed by atoms with E-state index in [1.165, 1.54) is 12.8 Å². The van der Waals surface area contributed by atoms with Crippen molar-refractivity contribution >= 4 is 11.9 Å². The molecule has 0 aliphatic carbocycles. The number of carbonyl (C=O) groups is 2. The van der Waals surface area contributed by atoms with Crippen LogP contribution in [0.25, 0.3) is 0 Å². The van der Waals surface area contributed by atoms with Gasteiger partial charge in [0.05, 0.1) is 27.6 Å². The first kappa shape index (κ1) is 22.1. The zero-order valence-electron chi connectivity index (χ0n) is 15.4. The van der Waals surface area contributed by atoms with Crippen LogP contribution in [0, 0.1) is 0 Å². The van der Waals surface area contributed by atoms with E-state index in [1.807, 2.05) is 39.4 Å². The first-order valence-corrected chi connectivity index (χ1v) is 8.42. The molecule has 24 heavy (non-hydrogen) atoms. The van der Waals surface area contributed by atoms with Gasteiger partial charge in [0.15, 0.2) is 6.10 Å². The van der Waals surface area contributed by atoms with Crippen molar-refractivity contribution in [2.75, 3.05) is 27.7 Å². The van der Waals surface area contributed by atoms with Crippen LogP contribution in [0.5, 0.6) is 0 Å². The van der Waals surface area contributed by atoms with Gasteiger partial charge in [-0.3, -0.25) is 4.79 Å². The average Bonchev–Trinajstić information content (AvgIpc) is 2.42. The zero-order valence-corrected chi connectivity index (χ0v) is 15.4. The van der Waals surface area contributed by atoms with Crippen LogP contribution in [0.3, 0.4) is 0 Å². The Morgan fingerprint density at radius 1 is 1.08 bits per heavy atom. The maximum absolute atomic E-state index is 11.8. The van der Waals surface area contributed by atoms with Crippen LogP contribution in [0.2, 0.25) is 0 Å². The summed E-state index contributed by atoms with van der Waals surface area (Å²) in [5.74, 6) is -1.65. The lowest BCUT2D eigenvalue weighted by atomic mass is 10.2. The second-order valence-electron chi connectivity index (χ2n) is 6.75. The third kappa shape index (κ3) is 15.0. The number of unbranched alkanes of at least 4 members (excludes halogenated alkanes) is 2. The average molecular weight is 337 g/mol. The lowest BCUT2D eigenvalue weighted by molar-refractivity contribution is -0.873. The van der Waals surface area contributed by atoms with Gasteiger partial charge < -0.3 is 19.1 Å². The van der Waals surface area contributed by atoms with E-state index in [9.17, 15) is 14.7 Å². The molecule has 0 spiro atoms. The molecule has 5 heteroatoms. The third-order valence-electron chi connectivity index (χ3n) is 3.06. The number of rotatable bonds is 12. The lowest BCUT2D eigenvalue weighted by Gasteiger charge is -2.29. The SMILES string of the molecule is CCCC/C=C/C=C/C=C/CC(=O)OC(CC(=O)[O-])C[N+](C)(C)C. The molecular weight excluding hydrogens is 306 g/mol. The number of nitrogens with zero attached hydrogens (tertiary/aromatic N) is 1. The quantitative estimate of drug-likeness (QED) is 0.236. The van der Waals surface area contributed by atoms with Crippen molar-refractivity contribution in [3.05, 3.63) is 36.5 Å². The minimum Gasteiger partial charge on any atom is -0.550 e. The van der Waals surface area contributed by atoms with Crippen LogP contribution in [-0.4, -0.2) is 50.2 Å². The van der Waals surface area contributed by atoms with Crippen molar-refractivity contribution in [3.8, 4) is 0 Å². The highest BCUT2D eigenvalue weighted by molar-refractivity contribution is 5.72. The Morgan fingerprint density at radius 3 is 2.25 bits per heavy atom. The Kier molecular flexibility index (Phi) is 11.5. The molecule has 0 saturated carbocycles. The molecule has 0 radical (unpaired) electrons. The second-order valence-corrected chi connectivity index (χ2v) is 6.75. The van der Waals surface area contributed by atoms with E-state index in [-0.39, 0.29) is 12.8 Å². The molecule has 1 unspecified atom stereocenters. The van der Waals surface area contributed by atoms with Gasteiger partial charge >= 0.3 is 5.97 Å². The van der Waals surface area contributed by atoms with Crippen LogP contribution < -0.4 is 5.11 Å². The van der Waals surface area contributed by atoms with Gasteiger partial charge in [0.25, 0.3) is 0 Å². The summed E-state index contributed by atoms with van der Waals surface area (Å²) in [5, 5.41) is 10.8. The number of hydrogen-bond acceptors (Lipinski definition) is 4. The molecule has 0 heterocycles. The number of carboxylic acid groups (broad SMARTS) is 1. The Hall–Kier alpha value is -1.88. The fraction of sp³-hybridized carbons (Fsp3) is 0.579. The van der Waals surface area contributed by atoms with E-state index in [0.717, 1.165) is 6.42 Å². The predicted octanol–water partition coefficient (Wildman–Crippen LogP) is 1.99. The van der Waals surface area contributed by atoms with Crippen molar-refractivity contribution in [1.82, 2.24) is 0 Å². The van der Waals surface area contributed by atoms with Gasteiger partial charge in [-0.25, -0.2) is 0 Å². The Morgan fingerprint density at radius 2 is 1.71 bits per heavy atom. The number of allylic oxidation sites excluding steroid dienone is 5. The number of ether oxygens (including phenoxy) is 1.